The summed E-state index contributed by atoms with van der Waals surface area (Å²) in [4.78, 5) is 49.8. The van der Waals surface area contributed by atoms with Crippen molar-refractivity contribution in [2.24, 2.45) is 17.1 Å². The summed E-state index contributed by atoms with van der Waals surface area (Å²) in [5.41, 5.74) is 6.64. The number of carbonyl (C=O) groups is 3. The maximum absolute atomic E-state index is 13.9. The lowest BCUT2D eigenvalue weighted by molar-refractivity contribution is -0.140. The first-order chi connectivity index (χ1) is 19.5. The summed E-state index contributed by atoms with van der Waals surface area (Å²) in [5, 5.41) is 0. The zero-order valence-corrected chi connectivity index (χ0v) is 24.2. The first-order valence-electron chi connectivity index (χ1n) is 14.1. The molecule has 2 fully saturated rings. The number of hydrogen-bond acceptors (Lipinski definition) is 8. The van der Waals surface area contributed by atoms with Crippen LogP contribution in [-0.2, 0) is 24.6 Å². The van der Waals surface area contributed by atoms with Crippen molar-refractivity contribution in [3.63, 3.8) is 0 Å². The Kier molecular flexibility index (Phi) is 8.22. The molecule has 12 nitrogen and oxygen atoms in total. The Bertz CT molecular complexity index is 1420. The molecule has 1 aromatic heterocycles. The lowest BCUT2D eigenvalue weighted by Gasteiger charge is -2.27. The van der Waals surface area contributed by atoms with Gasteiger partial charge in [-0.1, -0.05) is 37.1 Å². The number of ketones is 1. The second-order valence-corrected chi connectivity index (χ2v) is 13.4. The number of Topliss-reactive ketones (excluding diaryl/α,β-unsaturated/α-hetero) is 1. The van der Waals surface area contributed by atoms with Gasteiger partial charge in [-0.05, 0) is 43.7 Å². The molecule has 0 radical (unpaired) electrons. The Hall–Kier alpha value is -3.29. The number of carbonyl (C=O) groups excluding carboxylic acids is 3. The van der Waals surface area contributed by atoms with Crippen LogP contribution in [0.5, 0.6) is 6.01 Å². The number of imidazole rings is 1. The minimum Gasteiger partial charge on any atom is -0.459 e. The number of benzene rings is 1. The number of H-pyrrole nitrogens is 1. The number of rotatable bonds is 5. The molecular weight excluding hydrogens is 548 g/mol. The van der Waals surface area contributed by atoms with Gasteiger partial charge in [0.15, 0.2) is 5.78 Å². The van der Waals surface area contributed by atoms with Crippen molar-refractivity contribution < 1.29 is 27.5 Å². The van der Waals surface area contributed by atoms with Crippen LogP contribution in [0.2, 0.25) is 0 Å². The van der Waals surface area contributed by atoms with Crippen molar-refractivity contribution in [2.45, 2.75) is 69.6 Å². The number of hydrogen-bond donors (Lipinski definition) is 3. The van der Waals surface area contributed by atoms with Crippen LogP contribution in [0.15, 0.2) is 36.4 Å². The normalized spacial score (nSPS) is 30.3. The van der Waals surface area contributed by atoms with E-state index in [1.807, 2.05) is 36.4 Å². The summed E-state index contributed by atoms with van der Waals surface area (Å²) >= 11 is 0. The molecule has 1 saturated heterocycles. The Morgan fingerprint density at radius 3 is 2.76 bits per heavy atom. The van der Waals surface area contributed by atoms with Gasteiger partial charge in [0, 0.05) is 26.9 Å². The summed E-state index contributed by atoms with van der Waals surface area (Å²) in [6, 6.07) is 6.16. The number of nitrogens with zero attached hydrogens (tertiary/aromatic N) is 3. The average Bonchev–Trinajstić information content (AvgIpc) is 3.24. The monoisotopic (exact) mass is 586 g/mol. The summed E-state index contributed by atoms with van der Waals surface area (Å²) < 4.78 is 34.1. The van der Waals surface area contributed by atoms with E-state index >= 15 is 0 Å². The van der Waals surface area contributed by atoms with E-state index < -0.39 is 39.7 Å². The first-order valence-corrected chi connectivity index (χ1v) is 15.6. The third kappa shape index (κ3) is 6.16. The quantitative estimate of drug-likeness (QED) is 0.445. The second-order valence-electron chi connectivity index (χ2n) is 11.5. The molecule has 222 valence electrons. The molecule has 13 heteroatoms. The second kappa shape index (κ2) is 11.5. The fourth-order valence-electron chi connectivity index (χ4n) is 5.84. The lowest BCUT2D eigenvalue weighted by Crippen LogP contribution is -2.50. The van der Waals surface area contributed by atoms with Crippen LogP contribution in [0.3, 0.4) is 0 Å². The number of nitrogens with one attached hydrogen (secondary N) is 2. The fourth-order valence-corrected chi connectivity index (χ4v) is 6.46. The molecule has 41 heavy (non-hydrogen) atoms. The molecule has 3 aliphatic rings. The van der Waals surface area contributed by atoms with Crippen molar-refractivity contribution >= 4 is 38.8 Å². The maximum Gasteiger partial charge on any atom is 0.303 e. The van der Waals surface area contributed by atoms with Gasteiger partial charge in [-0.15, -0.1) is 0 Å². The molecule has 5 rings (SSSR count). The Labute approximate surface area is 239 Å². The van der Waals surface area contributed by atoms with Gasteiger partial charge in [0.05, 0.1) is 35.1 Å². The molecule has 2 aliphatic heterocycles. The molecule has 1 saturated carbocycles. The highest BCUT2D eigenvalue weighted by atomic mass is 32.2. The van der Waals surface area contributed by atoms with Gasteiger partial charge < -0.3 is 20.4 Å². The molecule has 0 spiro atoms. The zero-order valence-electron chi connectivity index (χ0n) is 23.4. The summed E-state index contributed by atoms with van der Waals surface area (Å²) in [5.74, 6) is -1.62. The SMILES string of the molecule is CN(C)S(=O)(=O)NC(=O)[C@]12CC(=O)[C@@H]3C[C@@H](Oc4nc5ccccc5[nH]4)CN3C(=O)[C@@H](N)CCCCC/C=C\[C@H]1C2. The topological polar surface area (TPSA) is 168 Å². The fraction of sp³-hybridized carbons (Fsp3) is 0.571. The summed E-state index contributed by atoms with van der Waals surface area (Å²) in [6.45, 7) is 0.150. The average molecular weight is 587 g/mol. The van der Waals surface area contributed by atoms with Crippen molar-refractivity contribution in [3.05, 3.63) is 36.4 Å². The van der Waals surface area contributed by atoms with Crippen molar-refractivity contribution in [1.82, 2.24) is 23.9 Å². The number of aromatic nitrogens is 2. The van der Waals surface area contributed by atoms with E-state index in [2.05, 4.69) is 14.7 Å². The smallest absolute Gasteiger partial charge is 0.303 e. The van der Waals surface area contributed by atoms with E-state index in [0.29, 0.717) is 18.9 Å². The third-order valence-electron chi connectivity index (χ3n) is 8.41. The van der Waals surface area contributed by atoms with Crippen molar-refractivity contribution in [1.29, 1.82) is 0 Å². The van der Waals surface area contributed by atoms with Crippen LogP contribution in [0.4, 0.5) is 0 Å². The largest absolute Gasteiger partial charge is 0.459 e. The van der Waals surface area contributed by atoms with E-state index in [-0.39, 0.29) is 37.0 Å². The predicted molar refractivity (Wildman–Crippen MR) is 152 cm³/mol. The van der Waals surface area contributed by atoms with Crippen LogP contribution >= 0.6 is 0 Å². The van der Waals surface area contributed by atoms with Gasteiger partial charge in [-0.3, -0.25) is 14.4 Å². The number of ether oxygens (including phenoxy) is 1. The molecular formula is C28H38N6O6S. The van der Waals surface area contributed by atoms with Gasteiger partial charge in [-0.25, -0.2) is 4.72 Å². The Balaban J connectivity index is 1.40. The van der Waals surface area contributed by atoms with Crippen LogP contribution in [0, 0.1) is 11.3 Å². The molecule has 0 bridgehead atoms. The lowest BCUT2D eigenvalue weighted by atomic mass is 9.91. The summed E-state index contributed by atoms with van der Waals surface area (Å²) in [6.07, 6.45) is 7.63. The minimum atomic E-state index is -4.04. The van der Waals surface area contributed by atoms with Crippen LogP contribution in [0.25, 0.3) is 11.0 Å². The van der Waals surface area contributed by atoms with Gasteiger partial charge >= 0.3 is 10.2 Å². The maximum atomic E-state index is 13.9. The highest BCUT2D eigenvalue weighted by molar-refractivity contribution is 7.87. The van der Waals surface area contributed by atoms with Crippen LogP contribution < -0.4 is 15.2 Å². The van der Waals surface area contributed by atoms with E-state index in [9.17, 15) is 22.8 Å². The molecule has 5 atom stereocenters. The molecule has 4 N–H and O–H groups in total. The molecule has 0 unspecified atom stereocenters. The first kappa shape index (κ1) is 29.2. The molecule has 2 aromatic rings. The number of amides is 2. The number of aromatic amines is 1. The van der Waals surface area contributed by atoms with Gasteiger partial charge in [0.2, 0.25) is 11.8 Å². The number of para-hydroxylation sites is 2. The standard InChI is InChI=1S/C28H38N6O6S/c1-33(2)41(38,39)32-26(37)28-15-18(28)10-6-4-3-5-7-11-20(29)25(36)34-17-19(14-23(34)24(35)16-28)40-27-30-21-12-8-9-13-22(21)31-27/h6,8-10,12-13,18-20,23H,3-5,7,11,14-17,29H2,1-2H3,(H,30,31)(H,32,37)/b10-6-/t18-,19+,20-,23-,28+/m0/s1. The van der Waals surface area contributed by atoms with Crippen LogP contribution in [0.1, 0.15) is 51.4 Å². The van der Waals surface area contributed by atoms with E-state index in [4.69, 9.17) is 10.5 Å². The molecule has 1 aliphatic carbocycles. The summed E-state index contributed by atoms with van der Waals surface area (Å²) in [7, 11) is -1.39. The van der Waals surface area contributed by atoms with Crippen LogP contribution in [-0.4, -0.2) is 84.0 Å². The minimum absolute atomic E-state index is 0.150. The molecule has 1 aromatic carbocycles. The van der Waals surface area contributed by atoms with Gasteiger partial charge in [0.1, 0.15) is 6.10 Å². The van der Waals surface area contributed by atoms with E-state index in [1.54, 1.807) is 0 Å². The van der Waals surface area contributed by atoms with Gasteiger partial charge in [0.25, 0.3) is 6.01 Å². The Morgan fingerprint density at radius 1 is 1.22 bits per heavy atom. The van der Waals surface area contributed by atoms with E-state index in [1.165, 1.54) is 19.0 Å². The van der Waals surface area contributed by atoms with Crippen molar-refractivity contribution in [2.75, 3.05) is 20.6 Å². The number of fused-ring (bicyclic) bond motifs is 3. The van der Waals surface area contributed by atoms with Gasteiger partial charge in [-0.2, -0.15) is 17.7 Å². The zero-order chi connectivity index (χ0) is 29.4. The molecule has 3 heterocycles. The third-order valence-corrected chi connectivity index (χ3v) is 9.82. The predicted octanol–water partition coefficient (Wildman–Crippen LogP) is 1.65. The number of nitrogens with two attached hydrogens (primary N) is 1. The van der Waals surface area contributed by atoms with E-state index in [0.717, 1.165) is 41.0 Å². The number of allylic oxidation sites excluding steroid dienone is 2. The highest BCUT2D eigenvalue weighted by Gasteiger charge is 2.61. The Morgan fingerprint density at radius 2 is 2.00 bits per heavy atom. The molecule has 2 amide bonds. The van der Waals surface area contributed by atoms with Crippen molar-refractivity contribution in [3.8, 4) is 6.01 Å². The highest BCUT2D eigenvalue weighted by Crippen LogP contribution is 2.57.